The molecule has 1 aromatic heterocycles. The minimum Gasteiger partial charge on any atom is -0.298 e. The molecule has 0 radical (unpaired) electrons. The minimum atomic E-state index is -3.83. The van der Waals surface area contributed by atoms with Crippen LogP contribution in [0.2, 0.25) is 10.0 Å². The van der Waals surface area contributed by atoms with Crippen molar-refractivity contribution in [2.45, 2.75) is 23.8 Å². The number of nitrogens with zero attached hydrogens (tertiary/aromatic N) is 1. The molecule has 4 rings (SSSR count). The van der Waals surface area contributed by atoms with Gasteiger partial charge in [-0.15, -0.1) is 0 Å². The summed E-state index contributed by atoms with van der Waals surface area (Å²) in [5.41, 5.74) is 0.772. The second-order valence-corrected chi connectivity index (χ2v) is 9.63. The Balaban J connectivity index is 1.65. The molecule has 10 heteroatoms. The first-order valence-electron chi connectivity index (χ1n) is 8.02. The van der Waals surface area contributed by atoms with E-state index < -0.39 is 15.9 Å². The predicted octanol–water partition coefficient (Wildman–Crippen LogP) is 4.30. The maximum absolute atomic E-state index is 12.6. The lowest BCUT2D eigenvalue weighted by molar-refractivity contribution is 0.102. The molecule has 0 bridgehead atoms. The van der Waals surface area contributed by atoms with E-state index >= 15 is 0 Å². The number of aromatic nitrogens is 1. The quantitative estimate of drug-likeness (QED) is 0.617. The molecule has 0 aliphatic heterocycles. The number of halogens is 2. The standard InChI is InChI=1S/C17H13Cl2N3O3S2/c18-11-8-12(19)15(27(24,25)22-9-5-6-9)7-10(11)16(23)21-17-20-13-3-1-2-4-14(13)26-17/h1-4,7-9,22H,5-6H2,(H,20,21,23). The van der Waals surface area contributed by atoms with Gasteiger partial charge < -0.3 is 0 Å². The van der Waals surface area contributed by atoms with Crippen LogP contribution >= 0.6 is 34.5 Å². The molecule has 0 spiro atoms. The second-order valence-electron chi connectivity index (χ2n) is 6.10. The summed E-state index contributed by atoms with van der Waals surface area (Å²) >= 11 is 13.5. The fraction of sp³-hybridized carbons (Fsp3) is 0.176. The van der Waals surface area contributed by atoms with E-state index in [-0.39, 0.29) is 26.5 Å². The van der Waals surface area contributed by atoms with E-state index in [9.17, 15) is 13.2 Å². The first-order valence-corrected chi connectivity index (χ1v) is 11.1. The minimum absolute atomic E-state index is 0.0106. The molecule has 3 aromatic rings. The summed E-state index contributed by atoms with van der Waals surface area (Å²) in [7, 11) is -3.83. The summed E-state index contributed by atoms with van der Waals surface area (Å²) in [4.78, 5) is 16.8. The number of sulfonamides is 1. The molecule has 0 atom stereocenters. The van der Waals surface area contributed by atoms with Crippen molar-refractivity contribution >= 4 is 65.8 Å². The Morgan fingerprint density at radius 1 is 1.15 bits per heavy atom. The number of amides is 1. The van der Waals surface area contributed by atoms with Gasteiger partial charge in [-0.05, 0) is 37.1 Å². The van der Waals surface area contributed by atoms with Crippen LogP contribution in [0.5, 0.6) is 0 Å². The summed E-state index contributed by atoms with van der Waals surface area (Å²) in [6.07, 6.45) is 1.57. The highest BCUT2D eigenvalue weighted by atomic mass is 35.5. The third-order valence-corrected chi connectivity index (χ3v) is 7.22. The van der Waals surface area contributed by atoms with Gasteiger partial charge in [0.2, 0.25) is 10.0 Å². The van der Waals surface area contributed by atoms with Gasteiger partial charge in [0.15, 0.2) is 5.13 Å². The molecule has 1 aliphatic carbocycles. The number of carbonyl (C=O) groups is 1. The van der Waals surface area contributed by atoms with Gasteiger partial charge in [0.25, 0.3) is 5.91 Å². The van der Waals surface area contributed by atoms with Crippen molar-refractivity contribution in [1.82, 2.24) is 9.71 Å². The molecule has 1 fully saturated rings. The van der Waals surface area contributed by atoms with Crippen LogP contribution in [-0.2, 0) is 10.0 Å². The number of hydrogen-bond acceptors (Lipinski definition) is 5. The van der Waals surface area contributed by atoms with Gasteiger partial charge in [0, 0.05) is 6.04 Å². The van der Waals surface area contributed by atoms with E-state index in [2.05, 4.69) is 15.0 Å². The van der Waals surface area contributed by atoms with Crippen LogP contribution in [0.4, 0.5) is 5.13 Å². The maximum Gasteiger partial charge on any atom is 0.259 e. The molecule has 6 nitrogen and oxygen atoms in total. The molecule has 2 N–H and O–H groups in total. The highest BCUT2D eigenvalue weighted by molar-refractivity contribution is 7.89. The number of thiazole rings is 1. The van der Waals surface area contributed by atoms with Crippen LogP contribution < -0.4 is 10.0 Å². The van der Waals surface area contributed by atoms with E-state index in [1.807, 2.05) is 24.3 Å². The second kappa shape index (κ2) is 7.03. The van der Waals surface area contributed by atoms with Crippen molar-refractivity contribution in [1.29, 1.82) is 0 Å². The lowest BCUT2D eigenvalue weighted by atomic mass is 10.2. The third kappa shape index (κ3) is 3.95. The summed E-state index contributed by atoms with van der Waals surface area (Å²) < 4.78 is 28.4. The first kappa shape index (κ1) is 18.6. The van der Waals surface area contributed by atoms with Crippen LogP contribution in [0.15, 0.2) is 41.3 Å². The molecule has 0 saturated heterocycles. The lowest BCUT2D eigenvalue weighted by Crippen LogP contribution is -2.26. The van der Waals surface area contributed by atoms with E-state index in [4.69, 9.17) is 23.2 Å². The lowest BCUT2D eigenvalue weighted by Gasteiger charge is -2.11. The Bertz CT molecular complexity index is 1120. The summed E-state index contributed by atoms with van der Waals surface area (Å²) in [5.74, 6) is -0.557. The fourth-order valence-corrected chi connectivity index (χ4v) is 5.51. The Kier molecular flexibility index (Phi) is 4.85. The van der Waals surface area contributed by atoms with Crippen molar-refractivity contribution in [2.75, 3.05) is 5.32 Å². The van der Waals surface area contributed by atoms with Crippen LogP contribution in [0.25, 0.3) is 10.2 Å². The average Bonchev–Trinajstić information content (AvgIpc) is 3.30. The van der Waals surface area contributed by atoms with Crippen LogP contribution in [0.1, 0.15) is 23.2 Å². The average molecular weight is 442 g/mol. The molecule has 1 amide bonds. The summed E-state index contributed by atoms with van der Waals surface area (Å²) in [6, 6.07) is 9.84. The maximum atomic E-state index is 12.6. The third-order valence-electron chi connectivity index (χ3n) is 3.97. The van der Waals surface area contributed by atoms with Gasteiger partial charge in [-0.3, -0.25) is 10.1 Å². The molecule has 2 aromatic carbocycles. The number of anilines is 1. The van der Waals surface area contributed by atoms with Crippen molar-refractivity contribution in [2.24, 2.45) is 0 Å². The van der Waals surface area contributed by atoms with Gasteiger partial charge in [-0.25, -0.2) is 18.1 Å². The number of benzene rings is 2. The molecule has 1 aliphatic rings. The number of nitrogens with one attached hydrogen (secondary N) is 2. The molecule has 140 valence electrons. The monoisotopic (exact) mass is 441 g/mol. The van der Waals surface area contributed by atoms with Crippen LogP contribution in [-0.4, -0.2) is 25.4 Å². The Hall–Kier alpha value is -1.71. The molecule has 1 heterocycles. The largest absolute Gasteiger partial charge is 0.298 e. The number of fused-ring (bicyclic) bond motifs is 1. The van der Waals surface area contributed by atoms with Crippen molar-refractivity contribution < 1.29 is 13.2 Å². The highest BCUT2D eigenvalue weighted by Gasteiger charge is 2.30. The van der Waals surface area contributed by atoms with Gasteiger partial charge in [0.05, 0.1) is 25.8 Å². The van der Waals surface area contributed by atoms with Crippen LogP contribution in [0.3, 0.4) is 0 Å². The molecule has 0 unspecified atom stereocenters. The first-order chi connectivity index (χ1) is 12.8. The van der Waals surface area contributed by atoms with Crippen LogP contribution in [0, 0.1) is 0 Å². The predicted molar refractivity (Wildman–Crippen MR) is 107 cm³/mol. The number of rotatable bonds is 5. The Morgan fingerprint density at radius 2 is 1.89 bits per heavy atom. The zero-order valence-electron chi connectivity index (χ0n) is 13.7. The van der Waals surface area contributed by atoms with Gasteiger partial charge in [-0.2, -0.15) is 0 Å². The number of hydrogen-bond donors (Lipinski definition) is 2. The van der Waals surface area contributed by atoms with Gasteiger partial charge >= 0.3 is 0 Å². The van der Waals surface area contributed by atoms with E-state index in [1.54, 1.807) is 0 Å². The molecule has 1 saturated carbocycles. The molecular weight excluding hydrogens is 429 g/mol. The summed E-state index contributed by atoms with van der Waals surface area (Å²) in [5, 5.41) is 3.08. The number of carbonyl (C=O) groups excluding carboxylic acids is 1. The number of para-hydroxylation sites is 1. The van der Waals surface area contributed by atoms with Gasteiger partial charge in [0.1, 0.15) is 4.90 Å². The van der Waals surface area contributed by atoms with E-state index in [0.717, 1.165) is 23.1 Å². The van der Waals surface area contributed by atoms with Crippen molar-refractivity contribution in [3.8, 4) is 0 Å². The summed E-state index contributed by atoms with van der Waals surface area (Å²) in [6.45, 7) is 0. The van der Waals surface area contributed by atoms with E-state index in [0.29, 0.717) is 5.13 Å². The molecular formula is C17H13Cl2N3O3S2. The highest BCUT2D eigenvalue weighted by Crippen LogP contribution is 2.32. The zero-order chi connectivity index (χ0) is 19.2. The fourth-order valence-electron chi connectivity index (χ4n) is 2.48. The molecule has 27 heavy (non-hydrogen) atoms. The Morgan fingerprint density at radius 3 is 2.59 bits per heavy atom. The van der Waals surface area contributed by atoms with Crippen molar-refractivity contribution in [3.05, 3.63) is 52.0 Å². The normalized spacial score (nSPS) is 14.4. The Labute approximate surface area is 169 Å². The van der Waals surface area contributed by atoms with Crippen molar-refractivity contribution in [3.63, 3.8) is 0 Å². The SMILES string of the molecule is O=C(Nc1nc2ccccc2s1)c1cc(S(=O)(=O)NC2CC2)c(Cl)cc1Cl. The zero-order valence-corrected chi connectivity index (χ0v) is 16.8. The topological polar surface area (TPSA) is 88.2 Å². The smallest absolute Gasteiger partial charge is 0.259 e. The van der Waals surface area contributed by atoms with Gasteiger partial charge in [-0.1, -0.05) is 46.7 Å². The van der Waals surface area contributed by atoms with E-state index in [1.165, 1.54) is 23.5 Å².